The third-order valence-corrected chi connectivity index (χ3v) is 8.74. The van der Waals surface area contributed by atoms with Gasteiger partial charge in [0.15, 0.2) is 0 Å². The van der Waals surface area contributed by atoms with Crippen molar-refractivity contribution in [3.63, 3.8) is 0 Å². The first-order chi connectivity index (χ1) is 20.5. The molecule has 0 atom stereocenters. The van der Waals surface area contributed by atoms with Gasteiger partial charge in [-0.25, -0.2) is 4.98 Å². The monoisotopic (exact) mass is 544 g/mol. The van der Waals surface area contributed by atoms with E-state index in [1.165, 1.54) is 33.0 Å². The highest BCUT2D eigenvalue weighted by molar-refractivity contribution is 6.20. The van der Waals surface area contributed by atoms with Crippen LogP contribution >= 0.6 is 0 Å². The molecule has 8 aromatic rings. The minimum atomic E-state index is 0.373. The average Bonchev–Trinajstić information content (AvgIpc) is 3.58. The zero-order chi connectivity index (χ0) is 28.5. The summed E-state index contributed by atoms with van der Waals surface area (Å²) in [5.74, 6) is 1.70. The summed E-state index contributed by atoms with van der Waals surface area (Å²) < 4.78 is 8.95. The van der Waals surface area contributed by atoms with Gasteiger partial charge in [0.1, 0.15) is 17.0 Å². The van der Waals surface area contributed by atoms with E-state index in [0.717, 1.165) is 49.7 Å². The Bertz CT molecular complexity index is 2290. The van der Waals surface area contributed by atoms with Crippen molar-refractivity contribution in [2.24, 2.45) is 0 Å². The molecule has 2 heterocycles. The minimum Gasteiger partial charge on any atom is -0.455 e. The molecular weight excluding hydrogens is 512 g/mol. The summed E-state index contributed by atoms with van der Waals surface area (Å²) in [5.41, 5.74) is 8.94. The molecule has 42 heavy (non-hydrogen) atoms. The maximum atomic E-state index is 6.55. The standard InChI is InChI=1S/C39H32N2O/c1-23(2)27-12-9-13-28(24(3)4)37(27)41-35-15-8-7-14-34(35)40-39(41)26-17-21-36-33(22-26)32-20-19-30-29-11-6-5-10-25(29)16-18-31(30)38(32)42-36/h5-24H,1-4H3. The van der Waals surface area contributed by atoms with Gasteiger partial charge in [-0.3, -0.25) is 4.57 Å². The predicted octanol–water partition coefficient (Wildman–Crippen LogP) is 11.1. The van der Waals surface area contributed by atoms with Crippen molar-refractivity contribution in [2.45, 2.75) is 39.5 Å². The molecule has 0 N–H and O–H groups in total. The fraction of sp³-hybridized carbons (Fsp3) is 0.154. The van der Waals surface area contributed by atoms with Gasteiger partial charge in [0, 0.05) is 21.7 Å². The molecule has 0 saturated heterocycles. The number of hydrogen-bond donors (Lipinski definition) is 0. The van der Waals surface area contributed by atoms with Crippen LogP contribution in [0.1, 0.15) is 50.7 Å². The summed E-state index contributed by atoms with van der Waals surface area (Å²) >= 11 is 0. The predicted molar refractivity (Wildman–Crippen MR) is 177 cm³/mol. The zero-order valence-corrected chi connectivity index (χ0v) is 24.3. The number of para-hydroxylation sites is 3. The number of aromatic nitrogens is 2. The van der Waals surface area contributed by atoms with Crippen LogP contribution in [0, 0.1) is 0 Å². The second-order valence-electron chi connectivity index (χ2n) is 12.0. The summed E-state index contributed by atoms with van der Waals surface area (Å²) in [6.45, 7) is 9.11. The second-order valence-corrected chi connectivity index (χ2v) is 12.0. The lowest BCUT2D eigenvalue weighted by Crippen LogP contribution is -2.08. The molecule has 0 aliphatic carbocycles. The van der Waals surface area contributed by atoms with Crippen molar-refractivity contribution in [3.8, 4) is 17.1 Å². The van der Waals surface area contributed by atoms with E-state index in [1.807, 2.05) is 0 Å². The highest BCUT2D eigenvalue weighted by Crippen LogP contribution is 2.41. The Morgan fingerprint density at radius 3 is 2.10 bits per heavy atom. The van der Waals surface area contributed by atoms with Crippen LogP contribution in [0.4, 0.5) is 0 Å². The maximum absolute atomic E-state index is 6.55. The molecule has 204 valence electrons. The van der Waals surface area contributed by atoms with E-state index in [4.69, 9.17) is 9.40 Å². The lowest BCUT2D eigenvalue weighted by atomic mass is 9.92. The molecule has 0 amide bonds. The van der Waals surface area contributed by atoms with Crippen LogP contribution < -0.4 is 0 Å². The van der Waals surface area contributed by atoms with E-state index in [2.05, 4.69) is 141 Å². The van der Waals surface area contributed by atoms with Crippen molar-refractivity contribution in [3.05, 3.63) is 120 Å². The number of nitrogens with zero attached hydrogens (tertiary/aromatic N) is 2. The van der Waals surface area contributed by atoms with Crippen molar-refractivity contribution in [1.82, 2.24) is 9.55 Å². The Morgan fingerprint density at radius 1 is 0.595 bits per heavy atom. The van der Waals surface area contributed by atoms with Crippen molar-refractivity contribution >= 4 is 54.5 Å². The Labute approximate surface area is 245 Å². The topological polar surface area (TPSA) is 31.0 Å². The minimum absolute atomic E-state index is 0.373. The molecule has 8 rings (SSSR count). The first-order valence-electron chi connectivity index (χ1n) is 14.9. The van der Waals surface area contributed by atoms with Crippen LogP contribution in [0.5, 0.6) is 0 Å². The summed E-state index contributed by atoms with van der Waals surface area (Å²) in [5, 5.41) is 7.08. The normalized spacial score (nSPS) is 12.2. The van der Waals surface area contributed by atoms with Crippen molar-refractivity contribution < 1.29 is 4.42 Å². The first kappa shape index (κ1) is 24.9. The number of imidazole rings is 1. The molecule has 0 aliphatic heterocycles. The number of rotatable bonds is 4. The van der Waals surface area contributed by atoms with E-state index in [0.29, 0.717) is 11.8 Å². The molecule has 0 radical (unpaired) electrons. The van der Waals surface area contributed by atoms with E-state index in [1.54, 1.807) is 0 Å². The van der Waals surface area contributed by atoms with Crippen LogP contribution in [0.3, 0.4) is 0 Å². The van der Waals surface area contributed by atoms with Crippen LogP contribution in [-0.4, -0.2) is 9.55 Å². The first-order valence-corrected chi connectivity index (χ1v) is 14.9. The number of hydrogen-bond acceptors (Lipinski definition) is 2. The summed E-state index contributed by atoms with van der Waals surface area (Å²) in [7, 11) is 0. The van der Waals surface area contributed by atoms with Gasteiger partial charge in [0.2, 0.25) is 0 Å². The van der Waals surface area contributed by atoms with Crippen molar-refractivity contribution in [1.29, 1.82) is 0 Å². The Morgan fingerprint density at radius 2 is 1.29 bits per heavy atom. The van der Waals surface area contributed by atoms with Crippen LogP contribution in [0.25, 0.3) is 71.6 Å². The number of fused-ring (bicyclic) bond motifs is 8. The molecule has 3 nitrogen and oxygen atoms in total. The fourth-order valence-electron chi connectivity index (χ4n) is 6.68. The highest BCUT2D eigenvalue weighted by Gasteiger charge is 2.22. The lowest BCUT2D eigenvalue weighted by molar-refractivity contribution is 0.673. The van der Waals surface area contributed by atoms with Gasteiger partial charge in [-0.15, -0.1) is 0 Å². The van der Waals surface area contributed by atoms with Gasteiger partial charge < -0.3 is 4.42 Å². The van der Waals surface area contributed by atoms with Gasteiger partial charge in [-0.05, 0) is 81.6 Å². The lowest BCUT2D eigenvalue weighted by Gasteiger charge is -2.22. The van der Waals surface area contributed by atoms with E-state index >= 15 is 0 Å². The summed E-state index contributed by atoms with van der Waals surface area (Å²) in [6, 6.07) is 39.1. The molecule has 6 aromatic carbocycles. The molecule has 2 aromatic heterocycles. The Kier molecular flexibility index (Phi) is 5.52. The third kappa shape index (κ3) is 3.63. The van der Waals surface area contributed by atoms with Gasteiger partial charge >= 0.3 is 0 Å². The summed E-state index contributed by atoms with van der Waals surface area (Å²) in [6.07, 6.45) is 0. The zero-order valence-electron chi connectivity index (χ0n) is 24.3. The molecule has 0 unspecified atom stereocenters. The number of furan rings is 1. The largest absolute Gasteiger partial charge is 0.455 e. The van der Waals surface area contributed by atoms with Gasteiger partial charge in [-0.2, -0.15) is 0 Å². The van der Waals surface area contributed by atoms with Crippen molar-refractivity contribution in [2.75, 3.05) is 0 Å². The summed E-state index contributed by atoms with van der Waals surface area (Å²) in [4.78, 5) is 5.25. The van der Waals surface area contributed by atoms with Gasteiger partial charge in [0.05, 0.1) is 16.7 Å². The van der Waals surface area contributed by atoms with Gasteiger partial charge in [-0.1, -0.05) is 94.4 Å². The van der Waals surface area contributed by atoms with Gasteiger partial charge in [0.25, 0.3) is 0 Å². The maximum Gasteiger partial charge on any atom is 0.145 e. The Balaban J connectivity index is 1.41. The Hall–Kier alpha value is -4.89. The molecule has 0 spiro atoms. The molecule has 0 bridgehead atoms. The molecule has 0 saturated carbocycles. The fourth-order valence-corrected chi connectivity index (χ4v) is 6.68. The second kappa shape index (κ2) is 9.32. The molecular formula is C39H32N2O. The van der Waals surface area contributed by atoms with Crippen LogP contribution in [-0.2, 0) is 0 Å². The SMILES string of the molecule is CC(C)c1cccc(C(C)C)c1-n1c(-c2ccc3oc4c(ccc5c6ccccc6ccc54)c3c2)nc2ccccc21. The third-order valence-electron chi connectivity index (χ3n) is 8.74. The molecule has 3 heteroatoms. The molecule has 0 aliphatic rings. The van der Waals surface area contributed by atoms with E-state index < -0.39 is 0 Å². The quantitative estimate of drug-likeness (QED) is 0.206. The van der Waals surface area contributed by atoms with E-state index in [9.17, 15) is 0 Å². The van der Waals surface area contributed by atoms with Crippen LogP contribution in [0.2, 0.25) is 0 Å². The highest BCUT2D eigenvalue weighted by atomic mass is 16.3. The van der Waals surface area contributed by atoms with Crippen LogP contribution in [0.15, 0.2) is 114 Å². The van der Waals surface area contributed by atoms with E-state index in [-0.39, 0.29) is 0 Å². The number of benzene rings is 6. The smallest absolute Gasteiger partial charge is 0.145 e. The molecule has 0 fully saturated rings. The average molecular weight is 545 g/mol.